The molecule has 0 aliphatic rings. The molecule has 0 saturated carbocycles. The summed E-state index contributed by atoms with van der Waals surface area (Å²) in [4.78, 5) is 12.4. The maximum absolute atomic E-state index is 12.4. The first-order chi connectivity index (χ1) is 20.3. The van der Waals surface area contributed by atoms with Crippen molar-refractivity contribution < 1.29 is 22.9 Å². The minimum absolute atomic E-state index is 0.265. The Kier molecular flexibility index (Phi) is 27.8. The van der Waals surface area contributed by atoms with Crippen LogP contribution in [0.5, 0.6) is 0 Å². The van der Waals surface area contributed by atoms with E-state index >= 15 is 0 Å². The van der Waals surface area contributed by atoms with Crippen LogP contribution < -0.4 is 5.32 Å². The second-order valence-corrected chi connectivity index (χ2v) is 12.6. The summed E-state index contributed by atoms with van der Waals surface area (Å²) in [5, 5.41) is 13.1. The maximum atomic E-state index is 12.4. The van der Waals surface area contributed by atoms with Crippen LogP contribution in [-0.2, 0) is 14.9 Å². The first-order valence-corrected chi connectivity index (χ1v) is 18.1. The molecule has 0 rings (SSSR count). The van der Waals surface area contributed by atoms with Crippen molar-refractivity contribution in [3.8, 4) is 0 Å². The zero-order valence-electron chi connectivity index (χ0n) is 26.6. The van der Waals surface area contributed by atoms with Crippen molar-refractivity contribution in [2.24, 2.45) is 0 Å². The average Bonchev–Trinajstić information content (AvgIpc) is 2.94. The summed E-state index contributed by atoms with van der Waals surface area (Å²) in [5.41, 5.74) is 0. The number of unbranched alkanes of at least 4 members (excludes halogenated alkanes) is 12. The van der Waals surface area contributed by atoms with E-state index in [-0.39, 0.29) is 12.3 Å². The third kappa shape index (κ3) is 29.5. The molecule has 42 heavy (non-hydrogen) atoms. The standard InChI is InChI=1S/C35H61NO5S/c1-3-5-7-9-11-13-15-16-17-18-19-21-23-25-27-29-31-35(38)36-33(32-42(39,40)41)34(37)30-28-26-24-22-20-14-12-10-8-6-4-2/h8,10,13,15,17-18,20,22,28,30,33-34,37H,3-7,9,11-12,14,16,19,21,23-27,29,31-32H2,1-2H3,(H,36,38)(H,39,40,41)/b10-8+,15-13-,18-17-,22-20+,30-28+. The van der Waals surface area contributed by atoms with Crippen LogP contribution in [0, 0.1) is 0 Å². The third-order valence-electron chi connectivity index (χ3n) is 6.88. The fourth-order valence-corrected chi connectivity index (χ4v) is 5.13. The van der Waals surface area contributed by atoms with Gasteiger partial charge in [0.25, 0.3) is 10.1 Å². The van der Waals surface area contributed by atoms with Crippen LogP contribution in [0.2, 0.25) is 0 Å². The minimum atomic E-state index is -4.35. The summed E-state index contributed by atoms with van der Waals surface area (Å²) < 4.78 is 32.2. The molecule has 242 valence electrons. The Hall–Kier alpha value is -1.96. The van der Waals surface area contributed by atoms with Crippen LogP contribution in [0.4, 0.5) is 0 Å². The van der Waals surface area contributed by atoms with Crippen LogP contribution in [0.1, 0.15) is 136 Å². The van der Waals surface area contributed by atoms with E-state index in [0.29, 0.717) is 12.8 Å². The zero-order chi connectivity index (χ0) is 31.2. The topological polar surface area (TPSA) is 104 Å². The van der Waals surface area contributed by atoms with Gasteiger partial charge in [0, 0.05) is 6.42 Å². The Labute approximate surface area is 258 Å². The van der Waals surface area contributed by atoms with Crippen LogP contribution in [0.15, 0.2) is 60.8 Å². The van der Waals surface area contributed by atoms with Gasteiger partial charge < -0.3 is 10.4 Å². The van der Waals surface area contributed by atoms with Gasteiger partial charge in [-0.25, -0.2) is 0 Å². The summed E-state index contributed by atoms with van der Waals surface area (Å²) in [6.07, 6.45) is 39.2. The summed E-state index contributed by atoms with van der Waals surface area (Å²) in [7, 11) is -4.35. The van der Waals surface area contributed by atoms with Gasteiger partial charge in [-0.1, -0.05) is 120 Å². The normalized spacial score (nSPS) is 14.3. The molecule has 6 nitrogen and oxygen atoms in total. The van der Waals surface area contributed by atoms with Gasteiger partial charge >= 0.3 is 0 Å². The second-order valence-electron chi connectivity index (χ2n) is 11.1. The lowest BCUT2D eigenvalue weighted by Crippen LogP contribution is -2.46. The molecule has 0 bridgehead atoms. The van der Waals surface area contributed by atoms with Crippen molar-refractivity contribution in [2.75, 3.05) is 5.75 Å². The molecule has 0 aromatic rings. The predicted octanol–water partition coefficient (Wildman–Crippen LogP) is 8.95. The number of allylic oxidation sites excluding steroid dienone is 9. The molecule has 2 atom stereocenters. The lowest BCUT2D eigenvalue weighted by atomic mass is 10.1. The number of nitrogens with one attached hydrogen (secondary N) is 1. The van der Waals surface area contributed by atoms with Crippen molar-refractivity contribution in [3.05, 3.63) is 60.8 Å². The van der Waals surface area contributed by atoms with E-state index in [1.54, 1.807) is 6.08 Å². The molecule has 0 saturated heterocycles. The zero-order valence-corrected chi connectivity index (χ0v) is 27.4. The van der Waals surface area contributed by atoms with Gasteiger partial charge in [-0.15, -0.1) is 0 Å². The Morgan fingerprint density at radius 1 is 0.643 bits per heavy atom. The van der Waals surface area contributed by atoms with Crippen molar-refractivity contribution in [1.82, 2.24) is 5.32 Å². The van der Waals surface area contributed by atoms with E-state index in [4.69, 9.17) is 0 Å². The molecule has 0 radical (unpaired) electrons. The van der Waals surface area contributed by atoms with E-state index < -0.39 is 28.0 Å². The molecule has 0 aromatic heterocycles. The lowest BCUT2D eigenvalue weighted by Gasteiger charge is -2.21. The highest BCUT2D eigenvalue weighted by atomic mass is 32.2. The minimum Gasteiger partial charge on any atom is -0.387 e. The Bertz CT molecular complexity index is 889. The Morgan fingerprint density at radius 2 is 1.14 bits per heavy atom. The highest BCUT2D eigenvalue weighted by Gasteiger charge is 2.24. The number of hydrogen-bond donors (Lipinski definition) is 3. The van der Waals surface area contributed by atoms with Gasteiger partial charge in [-0.2, -0.15) is 8.42 Å². The van der Waals surface area contributed by atoms with Gasteiger partial charge in [0.1, 0.15) is 0 Å². The lowest BCUT2D eigenvalue weighted by molar-refractivity contribution is -0.122. The van der Waals surface area contributed by atoms with E-state index in [2.05, 4.69) is 67.8 Å². The van der Waals surface area contributed by atoms with E-state index in [0.717, 1.165) is 70.6 Å². The molecule has 7 heteroatoms. The molecular formula is C35H61NO5S. The maximum Gasteiger partial charge on any atom is 0.267 e. The number of carbonyl (C=O) groups is 1. The second kappa shape index (κ2) is 29.1. The Morgan fingerprint density at radius 3 is 1.71 bits per heavy atom. The number of carbonyl (C=O) groups excluding carboxylic acids is 1. The van der Waals surface area contributed by atoms with Gasteiger partial charge in [-0.3, -0.25) is 9.35 Å². The molecule has 0 heterocycles. The van der Waals surface area contributed by atoms with Crippen LogP contribution >= 0.6 is 0 Å². The average molecular weight is 608 g/mol. The van der Waals surface area contributed by atoms with Crippen molar-refractivity contribution in [1.29, 1.82) is 0 Å². The smallest absolute Gasteiger partial charge is 0.267 e. The number of amides is 1. The predicted molar refractivity (Wildman–Crippen MR) is 179 cm³/mol. The molecule has 1 amide bonds. The number of aliphatic hydroxyl groups is 1. The highest BCUT2D eigenvalue weighted by molar-refractivity contribution is 7.85. The fourth-order valence-electron chi connectivity index (χ4n) is 4.40. The van der Waals surface area contributed by atoms with E-state index in [1.807, 2.05) is 0 Å². The highest BCUT2D eigenvalue weighted by Crippen LogP contribution is 2.10. The Balaban J connectivity index is 4.14. The quantitative estimate of drug-likeness (QED) is 0.0468. The molecule has 0 spiro atoms. The monoisotopic (exact) mass is 607 g/mol. The van der Waals surface area contributed by atoms with Gasteiger partial charge in [0.2, 0.25) is 5.91 Å². The molecule has 0 fully saturated rings. The van der Waals surface area contributed by atoms with Gasteiger partial charge in [0.15, 0.2) is 0 Å². The fraction of sp³-hybridized carbons (Fsp3) is 0.686. The number of rotatable bonds is 28. The first kappa shape index (κ1) is 40.0. The molecular weight excluding hydrogens is 546 g/mol. The third-order valence-corrected chi connectivity index (χ3v) is 7.66. The summed E-state index contributed by atoms with van der Waals surface area (Å²) in [6.45, 7) is 4.39. The van der Waals surface area contributed by atoms with E-state index in [9.17, 15) is 22.9 Å². The molecule has 3 N–H and O–H groups in total. The number of hydrogen-bond acceptors (Lipinski definition) is 4. The molecule has 0 aliphatic heterocycles. The summed E-state index contributed by atoms with van der Waals surface area (Å²) in [5.74, 6) is -1.04. The van der Waals surface area contributed by atoms with Crippen molar-refractivity contribution in [2.45, 2.75) is 148 Å². The number of aliphatic hydroxyl groups excluding tert-OH is 1. The first-order valence-electron chi connectivity index (χ1n) is 16.5. The van der Waals surface area contributed by atoms with Crippen LogP contribution in [0.3, 0.4) is 0 Å². The van der Waals surface area contributed by atoms with Crippen molar-refractivity contribution in [3.63, 3.8) is 0 Å². The van der Waals surface area contributed by atoms with Crippen LogP contribution in [-0.4, -0.2) is 41.9 Å². The SMILES string of the molecule is CCC/C=C/CC/C=C/CC/C=C/C(O)C(CS(=O)(=O)O)NC(=O)CCCCCCC/C=C\C/C=C\CCCCCC. The molecule has 2 unspecified atom stereocenters. The van der Waals surface area contributed by atoms with Crippen LogP contribution in [0.25, 0.3) is 0 Å². The summed E-state index contributed by atoms with van der Waals surface area (Å²) in [6, 6.07) is -1.09. The molecule has 0 aromatic carbocycles. The largest absolute Gasteiger partial charge is 0.387 e. The van der Waals surface area contributed by atoms with Gasteiger partial charge in [-0.05, 0) is 70.6 Å². The molecule has 0 aliphatic carbocycles. The van der Waals surface area contributed by atoms with Crippen molar-refractivity contribution >= 4 is 16.0 Å². The summed E-state index contributed by atoms with van der Waals surface area (Å²) >= 11 is 0. The van der Waals surface area contributed by atoms with Gasteiger partial charge in [0.05, 0.1) is 17.9 Å². The van der Waals surface area contributed by atoms with E-state index in [1.165, 1.54) is 38.2 Å².